The minimum Gasteiger partial charge on any atom is -0.398 e. The molecular formula is C11H14N4. The summed E-state index contributed by atoms with van der Waals surface area (Å²) in [6, 6.07) is 5.91. The monoisotopic (exact) mass is 202 g/mol. The first-order valence-corrected chi connectivity index (χ1v) is 4.82. The van der Waals surface area contributed by atoms with Crippen molar-refractivity contribution >= 4 is 5.69 Å². The van der Waals surface area contributed by atoms with Gasteiger partial charge in [0, 0.05) is 18.3 Å². The second kappa shape index (κ2) is 3.38. The lowest BCUT2D eigenvalue weighted by Crippen LogP contribution is -1.98. The smallest absolute Gasteiger partial charge is 0.160 e. The number of nitrogen functional groups attached to an aromatic ring is 1. The van der Waals surface area contributed by atoms with Crippen LogP contribution in [0.3, 0.4) is 0 Å². The van der Waals surface area contributed by atoms with E-state index in [0.717, 1.165) is 22.9 Å². The summed E-state index contributed by atoms with van der Waals surface area (Å²) in [4.78, 5) is 4.35. The van der Waals surface area contributed by atoms with Crippen molar-refractivity contribution in [2.24, 2.45) is 7.05 Å². The number of nitrogens with zero attached hydrogens (tertiary/aromatic N) is 3. The zero-order valence-electron chi connectivity index (χ0n) is 9.15. The minimum absolute atomic E-state index is 0.733. The number of aryl methyl sites for hydroxylation is 3. The van der Waals surface area contributed by atoms with Gasteiger partial charge in [0.1, 0.15) is 5.82 Å². The molecule has 15 heavy (non-hydrogen) atoms. The van der Waals surface area contributed by atoms with E-state index in [2.05, 4.69) is 10.1 Å². The van der Waals surface area contributed by atoms with Crippen molar-refractivity contribution in [3.8, 4) is 11.4 Å². The van der Waals surface area contributed by atoms with Gasteiger partial charge < -0.3 is 5.73 Å². The molecule has 0 fully saturated rings. The average Bonchev–Trinajstić information content (AvgIpc) is 2.50. The fourth-order valence-corrected chi connectivity index (χ4v) is 1.61. The molecule has 0 spiro atoms. The standard InChI is InChI=1S/C11H14N4/c1-7-4-5-10(12)9(6-7)11-13-8(2)14-15(11)3/h4-6H,12H2,1-3H3. The molecule has 2 aromatic rings. The average molecular weight is 202 g/mol. The molecule has 0 radical (unpaired) electrons. The molecule has 0 saturated heterocycles. The first kappa shape index (κ1) is 9.71. The highest BCUT2D eigenvalue weighted by atomic mass is 15.3. The number of rotatable bonds is 1. The fraction of sp³-hybridized carbons (Fsp3) is 0.273. The summed E-state index contributed by atoms with van der Waals surface area (Å²) in [6.07, 6.45) is 0. The Bertz CT molecular complexity index is 499. The van der Waals surface area contributed by atoms with E-state index >= 15 is 0 Å². The van der Waals surface area contributed by atoms with Gasteiger partial charge in [-0.2, -0.15) is 5.10 Å². The molecule has 0 bridgehead atoms. The van der Waals surface area contributed by atoms with Gasteiger partial charge in [-0.25, -0.2) is 9.67 Å². The van der Waals surface area contributed by atoms with Gasteiger partial charge in [0.05, 0.1) is 0 Å². The van der Waals surface area contributed by atoms with Crippen molar-refractivity contribution < 1.29 is 0 Å². The molecule has 0 atom stereocenters. The molecule has 2 rings (SSSR count). The van der Waals surface area contributed by atoms with Gasteiger partial charge in [0.2, 0.25) is 0 Å². The topological polar surface area (TPSA) is 56.7 Å². The van der Waals surface area contributed by atoms with Crippen LogP contribution in [0.15, 0.2) is 18.2 Å². The first-order valence-electron chi connectivity index (χ1n) is 4.82. The highest BCUT2D eigenvalue weighted by Gasteiger charge is 2.09. The highest BCUT2D eigenvalue weighted by molar-refractivity contribution is 5.72. The van der Waals surface area contributed by atoms with Gasteiger partial charge in [-0.3, -0.25) is 0 Å². The van der Waals surface area contributed by atoms with E-state index in [1.807, 2.05) is 39.1 Å². The van der Waals surface area contributed by atoms with Crippen molar-refractivity contribution in [1.82, 2.24) is 14.8 Å². The lowest BCUT2D eigenvalue weighted by atomic mass is 10.1. The second-order valence-corrected chi connectivity index (χ2v) is 3.70. The second-order valence-electron chi connectivity index (χ2n) is 3.70. The summed E-state index contributed by atoms with van der Waals surface area (Å²) in [6.45, 7) is 3.90. The van der Waals surface area contributed by atoms with E-state index in [4.69, 9.17) is 5.73 Å². The summed E-state index contributed by atoms with van der Waals surface area (Å²) in [5.74, 6) is 1.57. The van der Waals surface area contributed by atoms with Crippen molar-refractivity contribution in [3.63, 3.8) is 0 Å². The summed E-state index contributed by atoms with van der Waals surface area (Å²) >= 11 is 0. The minimum atomic E-state index is 0.733. The largest absolute Gasteiger partial charge is 0.398 e. The first-order chi connectivity index (χ1) is 7.08. The van der Waals surface area contributed by atoms with Crippen LogP contribution in [0, 0.1) is 13.8 Å². The number of aromatic nitrogens is 3. The Morgan fingerprint density at radius 1 is 1.27 bits per heavy atom. The Hall–Kier alpha value is -1.84. The molecule has 0 aliphatic heterocycles. The third-order valence-corrected chi connectivity index (χ3v) is 2.32. The quantitative estimate of drug-likeness (QED) is 0.716. The molecule has 4 heteroatoms. The van der Waals surface area contributed by atoms with Crippen LogP contribution < -0.4 is 5.73 Å². The molecular weight excluding hydrogens is 188 g/mol. The maximum absolute atomic E-state index is 5.92. The van der Waals surface area contributed by atoms with E-state index in [-0.39, 0.29) is 0 Å². The number of hydrogen-bond donors (Lipinski definition) is 1. The Kier molecular flexibility index (Phi) is 2.19. The molecule has 2 N–H and O–H groups in total. The molecule has 0 unspecified atom stereocenters. The fourth-order valence-electron chi connectivity index (χ4n) is 1.61. The molecule has 0 aliphatic rings. The number of nitrogens with two attached hydrogens (primary N) is 1. The molecule has 1 aromatic carbocycles. The van der Waals surface area contributed by atoms with Crippen LogP contribution in [0.25, 0.3) is 11.4 Å². The van der Waals surface area contributed by atoms with Crippen LogP contribution in [-0.2, 0) is 7.05 Å². The SMILES string of the molecule is Cc1ccc(N)c(-c2nc(C)nn2C)c1. The maximum Gasteiger partial charge on any atom is 0.160 e. The van der Waals surface area contributed by atoms with E-state index in [1.165, 1.54) is 5.56 Å². The van der Waals surface area contributed by atoms with Gasteiger partial charge in [0.25, 0.3) is 0 Å². The third-order valence-electron chi connectivity index (χ3n) is 2.32. The Balaban J connectivity index is 2.62. The van der Waals surface area contributed by atoms with Crippen LogP contribution in [0.4, 0.5) is 5.69 Å². The van der Waals surface area contributed by atoms with Gasteiger partial charge in [-0.05, 0) is 26.0 Å². The molecule has 0 amide bonds. The zero-order chi connectivity index (χ0) is 11.0. The maximum atomic E-state index is 5.92. The van der Waals surface area contributed by atoms with Crippen LogP contribution in [0.1, 0.15) is 11.4 Å². The summed E-state index contributed by atoms with van der Waals surface area (Å²) in [5, 5.41) is 4.21. The molecule has 1 heterocycles. The lowest BCUT2D eigenvalue weighted by Gasteiger charge is -2.05. The van der Waals surface area contributed by atoms with Crippen molar-refractivity contribution in [3.05, 3.63) is 29.6 Å². The van der Waals surface area contributed by atoms with Crippen LogP contribution in [0.5, 0.6) is 0 Å². The van der Waals surface area contributed by atoms with Gasteiger partial charge >= 0.3 is 0 Å². The normalized spacial score (nSPS) is 10.6. The van der Waals surface area contributed by atoms with Crippen LogP contribution >= 0.6 is 0 Å². The lowest BCUT2D eigenvalue weighted by molar-refractivity contribution is 0.764. The summed E-state index contributed by atoms with van der Waals surface area (Å²) < 4.78 is 1.75. The predicted molar refractivity (Wildman–Crippen MR) is 60.3 cm³/mol. The Labute approximate surface area is 88.8 Å². The van der Waals surface area contributed by atoms with Crippen LogP contribution in [0.2, 0.25) is 0 Å². The van der Waals surface area contributed by atoms with E-state index in [1.54, 1.807) is 4.68 Å². The molecule has 0 saturated carbocycles. The van der Waals surface area contributed by atoms with Gasteiger partial charge in [-0.1, -0.05) is 11.6 Å². The third kappa shape index (κ3) is 1.70. The zero-order valence-corrected chi connectivity index (χ0v) is 9.15. The highest BCUT2D eigenvalue weighted by Crippen LogP contribution is 2.24. The van der Waals surface area contributed by atoms with E-state index in [9.17, 15) is 0 Å². The van der Waals surface area contributed by atoms with Crippen molar-refractivity contribution in [2.45, 2.75) is 13.8 Å². The van der Waals surface area contributed by atoms with E-state index in [0.29, 0.717) is 0 Å². The Morgan fingerprint density at radius 3 is 2.60 bits per heavy atom. The van der Waals surface area contributed by atoms with Gasteiger partial charge in [-0.15, -0.1) is 0 Å². The summed E-state index contributed by atoms with van der Waals surface area (Å²) in [7, 11) is 1.87. The molecule has 78 valence electrons. The molecule has 1 aromatic heterocycles. The van der Waals surface area contributed by atoms with Crippen LogP contribution in [-0.4, -0.2) is 14.8 Å². The van der Waals surface area contributed by atoms with E-state index < -0.39 is 0 Å². The molecule has 0 aliphatic carbocycles. The molecule has 4 nitrogen and oxygen atoms in total. The Morgan fingerprint density at radius 2 is 2.00 bits per heavy atom. The van der Waals surface area contributed by atoms with Crippen molar-refractivity contribution in [1.29, 1.82) is 0 Å². The predicted octanol–water partition coefficient (Wildman–Crippen LogP) is 1.68. The van der Waals surface area contributed by atoms with Crippen molar-refractivity contribution in [2.75, 3.05) is 5.73 Å². The summed E-state index contributed by atoms with van der Waals surface area (Å²) in [5.41, 5.74) is 8.76. The van der Waals surface area contributed by atoms with Gasteiger partial charge in [0.15, 0.2) is 5.82 Å². The number of benzene rings is 1. The number of anilines is 1. The number of hydrogen-bond acceptors (Lipinski definition) is 3.